The molecule has 5 saturated heterocycles. The fraction of sp³-hybridized carbons (Fsp3) is 0.882. The Morgan fingerprint density at radius 2 is 0.544 bits per heavy atom. The van der Waals surface area contributed by atoms with Crippen molar-refractivity contribution in [2.24, 2.45) is 0 Å². The van der Waals surface area contributed by atoms with Gasteiger partial charge in [-0.15, -0.1) is 0 Å². The van der Waals surface area contributed by atoms with E-state index in [0.29, 0.717) is 0 Å². The largest absolute Gasteiger partial charge is 0.506 e. The topological polar surface area (TPSA) is 556 Å². The number of aliphatic hydroxyl groups excluding tert-OH is 22. The molecule has 13 aliphatic rings. The van der Waals surface area contributed by atoms with Crippen molar-refractivity contribution >= 4 is 0 Å². The molecule has 0 aromatic heterocycles. The lowest BCUT2D eigenvalue weighted by atomic mass is 10.0. The van der Waals surface area contributed by atoms with Crippen molar-refractivity contribution in [1.82, 2.24) is 0 Å². The lowest BCUT2D eigenvalue weighted by molar-refractivity contribution is -0.416. The fourth-order valence-electron chi connectivity index (χ4n) is 7.39. The third-order valence-electron chi connectivity index (χ3n) is 11.3. The summed E-state index contributed by atoms with van der Waals surface area (Å²) in [5, 5.41) is 234. The average Bonchev–Trinajstić information content (AvgIpc) is 3.30. The van der Waals surface area contributed by atoms with Crippen molar-refractivity contribution in [1.29, 1.82) is 0 Å². The van der Waals surface area contributed by atoms with E-state index in [9.17, 15) is 112 Å². The predicted molar refractivity (Wildman–Crippen MR) is 193 cm³/mol. The van der Waals surface area contributed by atoms with Gasteiger partial charge < -0.3 is 169 Å². The minimum Gasteiger partial charge on any atom is -0.506 e. The molecule has 10 bridgehead atoms. The molecule has 0 amide bonds. The first kappa shape index (κ1) is 54.6. The summed E-state index contributed by atoms with van der Waals surface area (Å²) in [6.07, 6.45) is -65.3. The highest BCUT2D eigenvalue weighted by atomic mass is 16.8. The van der Waals surface area contributed by atoms with Gasteiger partial charge in [-0.1, -0.05) is 0 Å². The van der Waals surface area contributed by atoms with E-state index >= 15 is 0 Å². The summed E-state index contributed by atoms with van der Waals surface area (Å²) >= 11 is 0. The number of fused-ring (bicyclic) bond motifs is 1. The molecule has 0 aromatic carbocycles. The van der Waals surface area contributed by atoms with Gasteiger partial charge >= 0.3 is 5.95 Å². The van der Waals surface area contributed by atoms with Crippen LogP contribution < -0.4 is 0 Å². The molecule has 13 heterocycles. The molecule has 0 aromatic rings. The van der Waals surface area contributed by atoms with Gasteiger partial charge in [0.25, 0.3) is 0 Å². The molecule has 0 aliphatic carbocycles. The zero-order valence-electron chi connectivity index (χ0n) is 34.3. The third-order valence-corrected chi connectivity index (χ3v) is 11.3. The van der Waals surface area contributed by atoms with Crippen molar-refractivity contribution in [2.75, 3.05) is 13.2 Å². The Balaban J connectivity index is 1.27. The van der Waals surface area contributed by atoms with E-state index in [-0.39, 0.29) is 0 Å². The lowest BCUT2D eigenvalue weighted by Gasteiger charge is -2.46. The predicted octanol–water partition coefficient (Wildman–Crippen LogP) is -12.4. The maximum absolute atomic E-state index is 10.9. The van der Waals surface area contributed by atoms with E-state index in [1.54, 1.807) is 0 Å². The van der Waals surface area contributed by atoms with Crippen molar-refractivity contribution in [2.45, 2.75) is 173 Å². The van der Waals surface area contributed by atoms with Crippen LogP contribution in [0.3, 0.4) is 0 Å². The highest BCUT2D eigenvalue weighted by Gasteiger charge is 2.56. The molecule has 0 spiro atoms. The monoisotopic (exact) mass is 1010 g/mol. The van der Waals surface area contributed by atoms with E-state index in [1.165, 1.54) is 0 Å². The standard InChI is InChI=1S/C34H54O34/c35-1-3-5(37)12(44)24(51)60-19-8(40)16(48)33(67-26(19)53)61-21-10(42)14(46)31(65-28(21)55)58-4(2-36)6(38)23(50)59-18-7(39)15(47)32(66-25(18)52)63-22-11(43)17(49)34(68-29(22)56)62-20-9(41)13(45)30(57-3)64-27(20)54/h3-4,7-11,13-22,24-56H,1-2H2/b12-5-,23-6+. The van der Waals surface area contributed by atoms with Gasteiger partial charge in [0.1, 0.15) is 97.7 Å². The number of ether oxygens (including phenoxy) is 12. The summed E-state index contributed by atoms with van der Waals surface area (Å²) in [6.45, 7) is -2.67. The van der Waals surface area contributed by atoms with Gasteiger partial charge in [0.15, 0.2) is 80.5 Å². The Morgan fingerprint density at radius 3 is 0.868 bits per heavy atom. The van der Waals surface area contributed by atoms with E-state index in [4.69, 9.17) is 56.8 Å². The Hall–Kier alpha value is -2.68. The number of rotatable bonds is 2. The third kappa shape index (κ3) is 11.0. The van der Waals surface area contributed by atoms with E-state index in [0.717, 1.165) is 0 Å². The normalized spacial score (nSPS) is 54.1. The Kier molecular flexibility index (Phi) is 18.0. The second-order valence-electron chi connectivity index (χ2n) is 15.8. The van der Waals surface area contributed by atoms with Gasteiger partial charge in [0.2, 0.25) is 12.0 Å². The number of hydrogen-bond donors (Lipinski definition) is 22. The quantitative estimate of drug-likeness (QED) is 0.122. The molecule has 0 radical (unpaired) electrons. The van der Waals surface area contributed by atoms with E-state index in [1.807, 2.05) is 0 Å². The van der Waals surface area contributed by atoms with Crippen LogP contribution in [-0.4, -0.2) is 299 Å². The van der Waals surface area contributed by atoms with Crippen molar-refractivity contribution < 1.29 is 169 Å². The Labute approximate surface area is 378 Å². The summed E-state index contributed by atoms with van der Waals surface area (Å²) in [5.41, 5.74) is 0. The molecule has 5 fully saturated rings. The van der Waals surface area contributed by atoms with Crippen LogP contribution in [0.25, 0.3) is 0 Å². The number of hydrogen-bond acceptors (Lipinski definition) is 34. The minimum atomic E-state index is -2.80. The van der Waals surface area contributed by atoms with E-state index < -0.39 is 209 Å². The maximum Gasteiger partial charge on any atom is 0.319 e. The first-order valence-corrected chi connectivity index (χ1v) is 20.1. The summed E-state index contributed by atoms with van der Waals surface area (Å²) in [4.78, 5) is 0. The molecule has 34 nitrogen and oxygen atoms in total. The van der Waals surface area contributed by atoms with Crippen LogP contribution >= 0.6 is 0 Å². The molecular weight excluding hydrogens is 952 g/mol. The number of aliphatic hydroxyl groups is 22. The van der Waals surface area contributed by atoms with Crippen LogP contribution in [0.2, 0.25) is 0 Å². The summed E-state index contributed by atoms with van der Waals surface area (Å²) in [6, 6.07) is 0. The van der Waals surface area contributed by atoms with Crippen LogP contribution in [-0.2, 0) is 56.8 Å². The molecular formula is C34H54O34. The summed E-state index contributed by atoms with van der Waals surface area (Å²) in [7, 11) is 0. The Morgan fingerprint density at radius 1 is 0.279 bits per heavy atom. The highest BCUT2D eigenvalue weighted by Crippen LogP contribution is 2.35. The molecule has 13 rings (SSSR count). The van der Waals surface area contributed by atoms with Crippen LogP contribution in [0.4, 0.5) is 0 Å². The van der Waals surface area contributed by atoms with Gasteiger partial charge in [0.05, 0.1) is 13.2 Å². The lowest BCUT2D eigenvalue weighted by Crippen LogP contribution is -2.66. The average molecular weight is 1010 g/mol. The van der Waals surface area contributed by atoms with Crippen LogP contribution in [0.15, 0.2) is 23.2 Å². The molecule has 34 heteroatoms. The van der Waals surface area contributed by atoms with Gasteiger partial charge in [-0.25, -0.2) is 0 Å². The molecule has 394 valence electrons. The SMILES string of the molecule is OCC1OC2OC(O)C(OC3OC(O)C(OC4OC(O)C(O/C(O)=C(/O)C(CO)OC5OC(O)C(OC6OC(O)C(OC(O)/C(O)=C\1O)C(O)C6O)C(O)C5O)C(O)C4O)C(O)C3O)C(O)C2O. The van der Waals surface area contributed by atoms with Gasteiger partial charge in [-0.05, 0) is 0 Å². The van der Waals surface area contributed by atoms with Crippen LogP contribution in [0.1, 0.15) is 0 Å². The van der Waals surface area contributed by atoms with Crippen LogP contribution in [0.5, 0.6) is 0 Å². The minimum absolute atomic E-state index is 1.33. The molecule has 28 unspecified atom stereocenters. The summed E-state index contributed by atoms with van der Waals surface area (Å²) < 4.78 is 61.3. The highest BCUT2D eigenvalue weighted by molar-refractivity contribution is 5.08. The van der Waals surface area contributed by atoms with Crippen LogP contribution in [0, 0.1) is 0 Å². The van der Waals surface area contributed by atoms with Crippen molar-refractivity contribution in [3.05, 3.63) is 23.2 Å². The van der Waals surface area contributed by atoms with E-state index in [2.05, 4.69) is 0 Å². The van der Waals surface area contributed by atoms with Gasteiger partial charge in [-0.2, -0.15) is 0 Å². The summed E-state index contributed by atoms with van der Waals surface area (Å²) in [5.74, 6) is -6.33. The molecule has 68 heavy (non-hydrogen) atoms. The zero-order valence-corrected chi connectivity index (χ0v) is 34.3. The first-order valence-electron chi connectivity index (χ1n) is 20.1. The Bertz CT molecular complexity index is 1710. The fourth-order valence-corrected chi connectivity index (χ4v) is 7.39. The van der Waals surface area contributed by atoms with Gasteiger partial charge in [0, 0.05) is 0 Å². The zero-order chi connectivity index (χ0) is 50.4. The van der Waals surface area contributed by atoms with Gasteiger partial charge in [-0.3, -0.25) is 0 Å². The van der Waals surface area contributed by atoms with Crippen molar-refractivity contribution in [3.8, 4) is 0 Å². The second-order valence-corrected chi connectivity index (χ2v) is 15.8. The molecule has 0 saturated carbocycles. The second kappa shape index (κ2) is 22.4. The molecule has 28 atom stereocenters. The first-order chi connectivity index (χ1) is 31.9. The molecule has 13 aliphatic heterocycles. The van der Waals surface area contributed by atoms with Crippen molar-refractivity contribution in [3.63, 3.8) is 0 Å². The smallest absolute Gasteiger partial charge is 0.319 e. The maximum atomic E-state index is 10.9. The molecule has 22 N–H and O–H groups in total.